The van der Waals surface area contributed by atoms with Gasteiger partial charge in [0.1, 0.15) is 12.3 Å². The molecule has 0 spiro atoms. The predicted octanol–water partition coefficient (Wildman–Crippen LogP) is 3.25. The number of morpholine rings is 1. The first-order valence-corrected chi connectivity index (χ1v) is 10.6. The molecule has 1 aliphatic heterocycles. The number of rotatable bonds is 7. The summed E-state index contributed by atoms with van der Waals surface area (Å²) in [5.41, 5.74) is 1.43. The van der Waals surface area contributed by atoms with Crippen LogP contribution in [-0.4, -0.2) is 60.3 Å². The maximum absolute atomic E-state index is 13.5. The van der Waals surface area contributed by atoms with Crippen LogP contribution in [0, 0.1) is 0 Å². The van der Waals surface area contributed by atoms with Crippen molar-refractivity contribution in [2.24, 2.45) is 0 Å². The van der Waals surface area contributed by atoms with Crippen LogP contribution < -0.4 is 10.1 Å². The van der Waals surface area contributed by atoms with Crippen molar-refractivity contribution in [3.8, 4) is 5.75 Å². The normalized spacial score (nSPS) is 16.0. The van der Waals surface area contributed by atoms with Gasteiger partial charge in [0.2, 0.25) is 11.7 Å². The van der Waals surface area contributed by atoms with Crippen LogP contribution in [0.15, 0.2) is 48.5 Å². The van der Waals surface area contributed by atoms with Crippen molar-refractivity contribution in [3.63, 3.8) is 0 Å². The van der Waals surface area contributed by atoms with E-state index >= 15 is 0 Å². The monoisotopic (exact) mass is 462 g/mol. The molecule has 1 saturated heterocycles. The average Bonchev–Trinajstić information content (AvgIpc) is 3.19. The van der Waals surface area contributed by atoms with Gasteiger partial charge in [0.15, 0.2) is 0 Å². The third-order valence-corrected chi connectivity index (χ3v) is 5.69. The average molecular weight is 462 g/mol. The smallest absolute Gasteiger partial charge is 0.449 e. The van der Waals surface area contributed by atoms with Crippen LogP contribution in [0.3, 0.4) is 0 Å². The number of fused-ring (bicyclic) bond motifs is 1. The van der Waals surface area contributed by atoms with Crippen molar-refractivity contribution in [2.45, 2.75) is 18.8 Å². The zero-order chi connectivity index (χ0) is 23.4. The topological polar surface area (TPSA) is 68.6 Å². The third-order valence-electron chi connectivity index (χ3n) is 5.69. The van der Waals surface area contributed by atoms with Crippen molar-refractivity contribution in [1.82, 2.24) is 19.8 Å². The van der Waals surface area contributed by atoms with E-state index in [1.165, 1.54) is 12.1 Å². The Morgan fingerprint density at radius 2 is 1.85 bits per heavy atom. The van der Waals surface area contributed by atoms with Gasteiger partial charge in [-0.1, -0.05) is 24.3 Å². The number of carbonyl (C=O) groups is 1. The minimum absolute atomic E-state index is 0.148. The van der Waals surface area contributed by atoms with E-state index in [1.54, 1.807) is 19.2 Å². The van der Waals surface area contributed by atoms with Crippen LogP contribution in [0.4, 0.5) is 13.2 Å². The number of methoxy groups -OCH3 is 1. The molecule has 1 aromatic heterocycles. The number of aromatic nitrogens is 2. The molecule has 3 aromatic rings. The number of benzene rings is 2. The van der Waals surface area contributed by atoms with Crippen LogP contribution in [0.1, 0.15) is 17.4 Å². The molecule has 1 amide bonds. The third kappa shape index (κ3) is 5.28. The van der Waals surface area contributed by atoms with Gasteiger partial charge in [-0.2, -0.15) is 13.2 Å². The zero-order valence-corrected chi connectivity index (χ0v) is 18.1. The molecule has 2 aromatic carbocycles. The van der Waals surface area contributed by atoms with E-state index in [-0.39, 0.29) is 23.6 Å². The summed E-state index contributed by atoms with van der Waals surface area (Å²) in [7, 11) is 1.59. The highest BCUT2D eigenvalue weighted by Crippen LogP contribution is 2.31. The summed E-state index contributed by atoms with van der Waals surface area (Å²) in [5, 5.41) is 2.82. The molecule has 0 bridgehead atoms. The lowest BCUT2D eigenvalue weighted by molar-refractivity contribution is -0.147. The van der Waals surface area contributed by atoms with Gasteiger partial charge < -0.3 is 19.4 Å². The van der Waals surface area contributed by atoms with Gasteiger partial charge >= 0.3 is 6.18 Å². The quantitative estimate of drug-likeness (QED) is 0.584. The number of amides is 1. The van der Waals surface area contributed by atoms with Gasteiger partial charge in [0, 0.05) is 19.6 Å². The minimum Gasteiger partial charge on any atom is -0.497 e. The lowest BCUT2D eigenvalue weighted by Gasteiger charge is -2.35. The number of hydrogen-bond donors (Lipinski definition) is 1. The molecule has 10 heteroatoms. The van der Waals surface area contributed by atoms with Gasteiger partial charge in [-0.15, -0.1) is 0 Å². The fourth-order valence-corrected chi connectivity index (χ4v) is 4.03. The van der Waals surface area contributed by atoms with E-state index in [0.717, 1.165) is 15.9 Å². The maximum atomic E-state index is 13.5. The van der Waals surface area contributed by atoms with Crippen molar-refractivity contribution >= 4 is 16.9 Å². The molecule has 33 heavy (non-hydrogen) atoms. The Labute approximate surface area is 189 Å². The summed E-state index contributed by atoms with van der Waals surface area (Å²) in [6, 6.07) is 13.7. The van der Waals surface area contributed by atoms with Crippen molar-refractivity contribution in [1.29, 1.82) is 0 Å². The molecule has 0 aliphatic carbocycles. The van der Waals surface area contributed by atoms with E-state index in [2.05, 4.69) is 15.2 Å². The fourth-order valence-electron chi connectivity index (χ4n) is 4.03. The molecule has 1 unspecified atom stereocenters. The van der Waals surface area contributed by atoms with E-state index < -0.39 is 24.5 Å². The van der Waals surface area contributed by atoms with Crippen LogP contribution in [0.25, 0.3) is 11.0 Å². The van der Waals surface area contributed by atoms with E-state index in [0.29, 0.717) is 26.3 Å². The van der Waals surface area contributed by atoms with Crippen LogP contribution in [0.2, 0.25) is 0 Å². The molecule has 1 N–H and O–H groups in total. The molecular formula is C23H25F3N4O3. The number of carbonyl (C=O) groups excluding carboxylic acids is 1. The Hall–Kier alpha value is -3.11. The second-order valence-electron chi connectivity index (χ2n) is 7.75. The van der Waals surface area contributed by atoms with Crippen molar-refractivity contribution in [3.05, 3.63) is 59.9 Å². The standard InChI is InChI=1S/C23H25F3N4O3/c1-32-17-8-6-16(7-9-17)20(29-10-12-33-13-11-29)14-27-21(31)15-30-19-5-3-2-4-18(19)28-22(30)23(24,25)26/h2-9,20H,10-15H2,1H3,(H,27,31). The van der Waals surface area contributed by atoms with Crippen LogP contribution in [-0.2, 0) is 22.3 Å². The molecule has 7 nitrogen and oxygen atoms in total. The second-order valence-corrected chi connectivity index (χ2v) is 7.75. The molecule has 2 heterocycles. The summed E-state index contributed by atoms with van der Waals surface area (Å²) in [5.74, 6) is -0.885. The highest BCUT2D eigenvalue weighted by Gasteiger charge is 2.38. The first-order chi connectivity index (χ1) is 15.9. The van der Waals surface area contributed by atoms with Gasteiger partial charge in [-0.3, -0.25) is 9.69 Å². The Morgan fingerprint density at radius 1 is 1.15 bits per heavy atom. The molecular weight excluding hydrogens is 437 g/mol. The minimum atomic E-state index is -4.67. The zero-order valence-electron chi connectivity index (χ0n) is 18.1. The number of hydrogen-bond acceptors (Lipinski definition) is 5. The summed E-state index contributed by atoms with van der Waals surface area (Å²) in [4.78, 5) is 18.6. The van der Waals surface area contributed by atoms with E-state index in [4.69, 9.17) is 9.47 Å². The fraction of sp³-hybridized carbons (Fsp3) is 0.391. The Kier molecular flexibility index (Phi) is 6.85. The molecule has 1 fully saturated rings. The Morgan fingerprint density at radius 3 is 2.52 bits per heavy atom. The van der Waals surface area contributed by atoms with E-state index in [1.807, 2.05) is 24.3 Å². The number of nitrogens with zero attached hydrogens (tertiary/aromatic N) is 3. The number of ether oxygens (including phenoxy) is 2. The highest BCUT2D eigenvalue weighted by atomic mass is 19.4. The van der Waals surface area contributed by atoms with Crippen molar-refractivity contribution < 1.29 is 27.4 Å². The summed E-state index contributed by atoms with van der Waals surface area (Å²) in [6.45, 7) is 2.31. The Bertz CT molecular complexity index is 1090. The molecule has 1 aliphatic rings. The summed E-state index contributed by atoms with van der Waals surface area (Å²) in [6.07, 6.45) is -4.67. The maximum Gasteiger partial charge on any atom is 0.449 e. The van der Waals surface area contributed by atoms with Gasteiger partial charge in [-0.25, -0.2) is 4.98 Å². The van der Waals surface area contributed by atoms with Crippen LogP contribution >= 0.6 is 0 Å². The first kappa shape index (κ1) is 23.1. The second kappa shape index (κ2) is 9.80. The number of imidazole rings is 1. The SMILES string of the molecule is COc1ccc(C(CNC(=O)Cn2c(C(F)(F)F)nc3ccccc32)N2CCOCC2)cc1. The highest BCUT2D eigenvalue weighted by molar-refractivity contribution is 5.81. The molecule has 176 valence electrons. The molecule has 0 saturated carbocycles. The molecule has 1 atom stereocenters. The van der Waals surface area contributed by atoms with Gasteiger partial charge in [-0.05, 0) is 29.8 Å². The largest absolute Gasteiger partial charge is 0.497 e. The summed E-state index contributed by atoms with van der Waals surface area (Å²) >= 11 is 0. The number of nitrogens with one attached hydrogen (secondary N) is 1. The lowest BCUT2D eigenvalue weighted by Crippen LogP contribution is -2.44. The number of halogens is 3. The van der Waals surface area contributed by atoms with Crippen LogP contribution in [0.5, 0.6) is 5.75 Å². The van der Waals surface area contributed by atoms with Gasteiger partial charge in [0.25, 0.3) is 0 Å². The Balaban J connectivity index is 1.52. The van der Waals surface area contributed by atoms with Crippen molar-refractivity contribution in [2.75, 3.05) is 40.0 Å². The summed E-state index contributed by atoms with van der Waals surface area (Å²) < 4.78 is 52.2. The van der Waals surface area contributed by atoms with E-state index in [9.17, 15) is 18.0 Å². The lowest BCUT2D eigenvalue weighted by atomic mass is 10.0. The number of alkyl halides is 3. The predicted molar refractivity (Wildman–Crippen MR) is 116 cm³/mol. The number of para-hydroxylation sites is 2. The molecule has 4 rings (SSSR count). The van der Waals surface area contributed by atoms with Gasteiger partial charge in [0.05, 0.1) is 37.4 Å². The molecule has 0 radical (unpaired) electrons. The first-order valence-electron chi connectivity index (χ1n) is 10.6.